The maximum atomic E-state index is 5.83. The van der Waals surface area contributed by atoms with Crippen LogP contribution in [0, 0.1) is 5.92 Å². The van der Waals surface area contributed by atoms with Gasteiger partial charge in [-0.15, -0.1) is 0 Å². The van der Waals surface area contributed by atoms with Crippen molar-refractivity contribution in [3.8, 4) is 0 Å². The average Bonchev–Trinajstić information content (AvgIpc) is 2.53. The van der Waals surface area contributed by atoms with Gasteiger partial charge in [0, 0.05) is 11.1 Å². The topological polar surface area (TPSA) is 12.0 Å². The van der Waals surface area contributed by atoms with Crippen molar-refractivity contribution in [2.24, 2.45) is 5.92 Å². The zero-order valence-electron chi connectivity index (χ0n) is 7.76. The second-order valence-corrected chi connectivity index (χ2v) is 4.19. The summed E-state index contributed by atoms with van der Waals surface area (Å²) in [5.74, 6) is 0.737. The van der Waals surface area contributed by atoms with Crippen molar-refractivity contribution in [2.45, 2.75) is 19.4 Å². The third kappa shape index (κ3) is 1.87. The molecule has 2 rings (SSSR count). The highest BCUT2D eigenvalue weighted by atomic mass is 35.5. The Morgan fingerprint density at radius 2 is 2.00 bits per heavy atom. The molecule has 0 amide bonds. The summed E-state index contributed by atoms with van der Waals surface area (Å²) in [6.07, 6.45) is 1.27. The van der Waals surface area contributed by atoms with Crippen LogP contribution in [-0.2, 0) is 0 Å². The lowest BCUT2D eigenvalue weighted by Crippen LogP contribution is -2.16. The number of nitrogens with one attached hydrogen (secondary N) is 1. The zero-order valence-corrected chi connectivity index (χ0v) is 8.51. The molecule has 2 atom stereocenters. The molecule has 0 saturated carbocycles. The van der Waals surface area contributed by atoms with Gasteiger partial charge in [0.15, 0.2) is 0 Å². The van der Waals surface area contributed by atoms with E-state index in [0.29, 0.717) is 6.04 Å². The summed E-state index contributed by atoms with van der Waals surface area (Å²) in [5.41, 5.74) is 1.36. The Kier molecular flexibility index (Phi) is 2.56. The van der Waals surface area contributed by atoms with E-state index in [4.69, 9.17) is 11.6 Å². The Morgan fingerprint density at radius 3 is 2.54 bits per heavy atom. The lowest BCUT2D eigenvalue weighted by molar-refractivity contribution is 0.504. The Bertz CT molecular complexity index is 281. The standard InChI is InChI=1S/C11H14ClN/c1-8-6-7-13-11(8)9-2-4-10(12)5-3-9/h2-5,8,11,13H,6-7H2,1H3. The Hall–Kier alpha value is -0.530. The van der Waals surface area contributed by atoms with Gasteiger partial charge in [-0.25, -0.2) is 0 Å². The van der Waals surface area contributed by atoms with E-state index < -0.39 is 0 Å². The van der Waals surface area contributed by atoms with E-state index in [1.54, 1.807) is 0 Å². The van der Waals surface area contributed by atoms with Gasteiger partial charge in [0.2, 0.25) is 0 Å². The molecule has 0 spiro atoms. The second-order valence-electron chi connectivity index (χ2n) is 3.75. The van der Waals surface area contributed by atoms with Crippen LogP contribution in [0.1, 0.15) is 24.9 Å². The normalized spacial score (nSPS) is 27.8. The highest BCUT2D eigenvalue weighted by Crippen LogP contribution is 2.29. The minimum Gasteiger partial charge on any atom is -0.310 e. The van der Waals surface area contributed by atoms with E-state index in [1.807, 2.05) is 12.1 Å². The van der Waals surface area contributed by atoms with Gasteiger partial charge in [0.25, 0.3) is 0 Å². The molecule has 2 unspecified atom stereocenters. The first-order chi connectivity index (χ1) is 6.27. The fourth-order valence-corrected chi connectivity index (χ4v) is 2.08. The monoisotopic (exact) mass is 195 g/mol. The molecule has 1 saturated heterocycles. The van der Waals surface area contributed by atoms with Crippen molar-refractivity contribution >= 4 is 11.6 Å². The van der Waals surface area contributed by atoms with E-state index in [9.17, 15) is 0 Å². The van der Waals surface area contributed by atoms with Crippen molar-refractivity contribution in [2.75, 3.05) is 6.54 Å². The molecule has 1 aliphatic rings. The maximum Gasteiger partial charge on any atom is 0.0406 e. The van der Waals surface area contributed by atoms with Crippen molar-refractivity contribution in [1.82, 2.24) is 5.32 Å². The van der Waals surface area contributed by atoms with Crippen molar-refractivity contribution in [3.05, 3.63) is 34.9 Å². The SMILES string of the molecule is CC1CCNC1c1ccc(Cl)cc1. The Balaban J connectivity index is 2.20. The first kappa shape index (κ1) is 9.04. The van der Waals surface area contributed by atoms with Gasteiger partial charge >= 0.3 is 0 Å². The van der Waals surface area contributed by atoms with Crippen molar-refractivity contribution in [3.63, 3.8) is 0 Å². The molecule has 1 heterocycles. The Morgan fingerprint density at radius 1 is 1.31 bits per heavy atom. The molecule has 1 aromatic rings. The first-order valence-corrected chi connectivity index (χ1v) is 5.14. The minimum atomic E-state index is 0.525. The first-order valence-electron chi connectivity index (χ1n) is 4.76. The largest absolute Gasteiger partial charge is 0.310 e. The molecule has 0 bridgehead atoms. The van der Waals surface area contributed by atoms with E-state index in [0.717, 1.165) is 17.5 Å². The number of hydrogen-bond acceptors (Lipinski definition) is 1. The van der Waals surface area contributed by atoms with Crippen LogP contribution in [0.15, 0.2) is 24.3 Å². The highest BCUT2D eigenvalue weighted by Gasteiger charge is 2.23. The molecule has 70 valence electrons. The molecule has 1 aromatic carbocycles. The number of rotatable bonds is 1. The van der Waals surface area contributed by atoms with E-state index >= 15 is 0 Å². The predicted octanol–water partition coefficient (Wildman–Crippen LogP) is 3.01. The van der Waals surface area contributed by atoms with Crippen LogP contribution in [0.2, 0.25) is 5.02 Å². The van der Waals surface area contributed by atoms with Crippen LogP contribution >= 0.6 is 11.6 Å². The zero-order chi connectivity index (χ0) is 9.26. The summed E-state index contributed by atoms with van der Waals surface area (Å²) in [6, 6.07) is 8.67. The summed E-state index contributed by atoms with van der Waals surface area (Å²) in [4.78, 5) is 0. The molecule has 0 radical (unpaired) electrons. The molecule has 1 aliphatic heterocycles. The van der Waals surface area contributed by atoms with Gasteiger partial charge in [-0.1, -0.05) is 30.7 Å². The molecule has 1 fully saturated rings. The maximum absolute atomic E-state index is 5.83. The molecular weight excluding hydrogens is 182 g/mol. The summed E-state index contributed by atoms with van der Waals surface area (Å²) in [5, 5.41) is 4.31. The van der Waals surface area contributed by atoms with E-state index in [1.165, 1.54) is 12.0 Å². The molecule has 1 nitrogen and oxygen atoms in total. The van der Waals surface area contributed by atoms with Crippen LogP contribution < -0.4 is 5.32 Å². The highest BCUT2D eigenvalue weighted by molar-refractivity contribution is 6.30. The predicted molar refractivity (Wildman–Crippen MR) is 56.0 cm³/mol. The molecular formula is C11H14ClN. The molecule has 0 aromatic heterocycles. The van der Waals surface area contributed by atoms with Crippen LogP contribution in [0.5, 0.6) is 0 Å². The van der Waals surface area contributed by atoms with Crippen molar-refractivity contribution < 1.29 is 0 Å². The number of hydrogen-bond donors (Lipinski definition) is 1. The van der Waals surface area contributed by atoms with Gasteiger partial charge in [-0.05, 0) is 36.6 Å². The second kappa shape index (κ2) is 3.69. The van der Waals surface area contributed by atoms with Gasteiger partial charge in [-0.3, -0.25) is 0 Å². The molecule has 13 heavy (non-hydrogen) atoms. The smallest absolute Gasteiger partial charge is 0.0406 e. The summed E-state index contributed by atoms with van der Waals surface area (Å²) >= 11 is 5.83. The van der Waals surface area contributed by atoms with Crippen molar-refractivity contribution in [1.29, 1.82) is 0 Å². The fraction of sp³-hybridized carbons (Fsp3) is 0.455. The van der Waals surface area contributed by atoms with Crippen LogP contribution in [0.3, 0.4) is 0 Å². The summed E-state index contributed by atoms with van der Waals surface area (Å²) < 4.78 is 0. The lowest BCUT2D eigenvalue weighted by Gasteiger charge is -2.15. The number of halogens is 1. The summed E-state index contributed by atoms with van der Waals surface area (Å²) in [6.45, 7) is 3.42. The molecule has 2 heteroatoms. The quantitative estimate of drug-likeness (QED) is 0.727. The third-order valence-electron chi connectivity index (χ3n) is 2.76. The van der Waals surface area contributed by atoms with Gasteiger partial charge in [-0.2, -0.15) is 0 Å². The third-order valence-corrected chi connectivity index (χ3v) is 3.01. The minimum absolute atomic E-state index is 0.525. The van der Waals surface area contributed by atoms with Gasteiger partial charge < -0.3 is 5.32 Å². The van der Waals surface area contributed by atoms with Crippen LogP contribution in [-0.4, -0.2) is 6.54 Å². The Labute approximate surface area is 84.1 Å². The van der Waals surface area contributed by atoms with E-state index in [2.05, 4.69) is 24.4 Å². The van der Waals surface area contributed by atoms with Crippen LogP contribution in [0.4, 0.5) is 0 Å². The van der Waals surface area contributed by atoms with E-state index in [-0.39, 0.29) is 0 Å². The van der Waals surface area contributed by atoms with Gasteiger partial charge in [0.1, 0.15) is 0 Å². The average molecular weight is 196 g/mol. The fourth-order valence-electron chi connectivity index (χ4n) is 1.95. The summed E-state index contributed by atoms with van der Waals surface area (Å²) in [7, 11) is 0. The lowest BCUT2D eigenvalue weighted by atomic mass is 9.96. The van der Waals surface area contributed by atoms with Crippen LogP contribution in [0.25, 0.3) is 0 Å². The number of benzene rings is 1. The molecule has 0 aliphatic carbocycles. The molecule has 1 N–H and O–H groups in total. The van der Waals surface area contributed by atoms with Gasteiger partial charge in [0.05, 0.1) is 0 Å².